The molecule has 0 saturated heterocycles. The zero-order valence-corrected chi connectivity index (χ0v) is 22.1. The third-order valence-electron chi connectivity index (χ3n) is 6.62. The van der Waals surface area contributed by atoms with E-state index in [1.165, 1.54) is 11.0 Å². The highest BCUT2D eigenvalue weighted by Gasteiger charge is 2.35. The van der Waals surface area contributed by atoms with E-state index in [0.29, 0.717) is 23.6 Å². The third-order valence-corrected chi connectivity index (χ3v) is 7.60. The van der Waals surface area contributed by atoms with E-state index in [4.69, 9.17) is 0 Å². The third kappa shape index (κ3) is 6.91. The van der Waals surface area contributed by atoms with Gasteiger partial charge in [0.2, 0.25) is 11.8 Å². The fraction of sp³-hybridized carbons (Fsp3) is 0.370. The lowest BCUT2D eigenvalue weighted by Crippen LogP contribution is -2.46. The largest absolute Gasteiger partial charge is 0.312 e. The number of carbonyl (C=O) groups is 2. The van der Waals surface area contributed by atoms with Crippen LogP contribution < -0.4 is 9.62 Å². The summed E-state index contributed by atoms with van der Waals surface area (Å²) in [4.78, 5) is 28.7. The van der Waals surface area contributed by atoms with Crippen molar-refractivity contribution in [2.24, 2.45) is 5.92 Å². The summed E-state index contributed by atoms with van der Waals surface area (Å²) in [6.45, 7) is 2.09. The van der Waals surface area contributed by atoms with Gasteiger partial charge >= 0.3 is 0 Å². The van der Waals surface area contributed by atoms with Gasteiger partial charge in [0, 0.05) is 18.7 Å². The van der Waals surface area contributed by atoms with Crippen LogP contribution in [0.5, 0.6) is 0 Å². The highest BCUT2D eigenvalue weighted by molar-refractivity contribution is 7.93. The number of tetrazole rings is 1. The first-order valence-corrected chi connectivity index (χ1v) is 14.4. The van der Waals surface area contributed by atoms with Gasteiger partial charge < -0.3 is 4.90 Å². The van der Waals surface area contributed by atoms with Crippen LogP contribution in [-0.2, 0) is 26.0 Å². The fourth-order valence-electron chi connectivity index (χ4n) is 4.67. The minimum Gasteiger partial charge on any atom is -0.312 e. The molecule has 1 aliphatic carbocycles. The molecule has 0 spiro atoms. The van der Waals surface area contributed by atoms with Crippen LogP contribution in [0.4, 0.5) is 5.69 Å². The number of rotatable bonds is 10. The van der Waals surface area contributed by atoms with E-state index in [1.807, 2.05) is 12.1 Å². The van der Waals surface area contributed by atoms with Crippen molar-refractivity contribution in [3.63, 3.8) is 0 Å². The Hall–Kier alpha value is -3.86. The molecule has 38 heavy (non-hydrogen) atoms. The van der Waals surface area contributed by atoms with Crippen molar-refractivity contribution in [1.29, 1.82) is 0 Å². The van der Waals surface area contributed by atoms with Gasteiger partial charge in [0.05, 0.1) is 11.4 Å². The van der Waals surface area contributed by atoms with E-state index in [2.05, 4.69) is 20.2 Å². The number of nitrogens with one attached hydrogen (secondary N) is 1. The molecule has 200 valence electrons. The Morgan fingerprint density at radius 1 is 1.05 bits per heavy atom. The molecule has 1 saturated carbocycles. The molecular formula is C27H32N6O4S. The monoisotopic (exact) mass is 536 g/mol. The van der Waals surface area contributed by atoms with E-state index < -0.39 is 27.8 Å². The van der Waals surface area contributed by atoms with Crippen molar-refractivity contribution in [1.82, 2.24) is 24.9 Å². The molecule has 2 amide bonds. The Labute approximate surface area is 222 Å². The summed E-state index contributed by atoms with van der Waals surface area (Å²) in [6.07, 6.45) is 6.33. The second kappa shape index (κ2) is 12.6. The Bertz CT molecular complexity index is 1350. The van der Waals surface area contributed by atoms with Gasteiger partial charge in [0.25, 0.3) is 10.0 Å². The zero-order valence-electron chi connectivity index (χ0n) is 21.3. The summed E-state index contributed by atoms with van der Waals surface area (Å²) in [6, 6.07) is 17.9. The van der Waals surface area contributed by atoms with Crippen LogP contribution in [0.15, 0.2) is 66.1 Å². The summed E-state index contributed by atoms with van der Waals surface area (Å²) in [5.74, 6) is -2.44. The van der Waals surface area contributed by atoms with Gasteiger partial charge in [0.1, 0.15) is 5.92 Å². The SMILES string of the molecule is CCN(C(=O)C(Cc1nnnn1C1CCCCC1)C(=O)NS(=O)(=O)/C=C/c1ccccc1)c1ccccc1. The molecule has 1 aliphatic rings. The highest BCUT2D eigenvalue weighted by Crippen LogP contribution is 2.28. The minimum absolute atomic E-state index is 0.0847. The van der Waals surface area contributed by atoms with Crippen molar-refractivity contribution < 1.29 is 18.0 Å². The molecule has 2 aromatic carbocycles. The number of hydrogen-bond acceptors (Lipinski definition) is 7. The van der Waals surface area contributed by atoms with Crippen LogP contribution in [-0.4, -0.2) is 47.0 Å². The van der Waals surface area contributed by atoms with Crippen molar-refractivity contribution in [3.8, 4) is 0 Å². The molecule has 0 radical (unpaired) electrons. The fourth-order valence-corrected chi connectivity index (χ4v) is 5.50. The van der Waals surface area contributed by atoms with Crippen LogP contribution in [0.2, 0.25) is 0 Å². The van der Waals surface area contributed by atoms with Gasteiger partial charge in [-0.05, 0) is 54.0 Å². The molecular weight excluding hydrogens is 504 g/mol. The molecule has 4 rings (SSSR count). The standard InChI is InChI=1S/C27H32N6O4S/c1-2-32(22-14-8-4-9-15-22)27(35)24(20-25-28-30-31-33(25)23-16-10-5-11-17-23)26(34)29-38(36,37)19-18-21-12-6-3-7-13-21/h3-4,6-9,12-15,18-19,23-24H,2,5,10-11,16-17,20H2,1H3,(H,29,34)/b19-18+. The van der Waals surface area contributed by atoms with E-state index in [1.54, 1.807) is 60.1 Å². The molecule has 10 nitrogen and oxygen atoms in total. The summed E-state index contributed by atoms with van der Waals surface area (Å²) in [5.41, 5.74) is 1.27. The Kier molecular flexibility index (Phi) is 9.01. The van der Waals surface area contributed by atoms with Crippen LogP contribution in [0.25, 0.3) is 6.08 Å². The maximum atomic E-state index is 13.8. The van der Waals surface area contributed by atoms with E-state index in [0.717, 1.165) is 37.5 Å². The average molecular weight is 537 g/mol. The summed E-state index contributed by atoms with van der Waals surface area (Å²) in [5, 5.41) is 13.0. The summed E-state index contributed by atoms with van der Waals surface area (Å²) >= 11 is 0. The van der Waals surface area contributed by atoms with Crippen molar-refractivity contribution in [2.75, 3.05) is 11.4 Å². The van der Waals surface area contributed by atoms with E-state index in [-0.39, 0.29) is 12.5 Å². The Balaban J connectivity index is 1.61. The van der Waals surface area contributed by atoms with Crippen LogP contribution >= 0.6 is 0 Å². The van der Waals surface area contributed by atoms with Crippen LogP contribution in [0.1, 0.15) is 56.5 Å². The zero-order chi connectivity index (χ0) is 27.0. The molecule has 1 atom stereocenters. The summed E-state index contributed by atoms with van der Waals surface area (Å²) in [7, 11) is -4.17. The van der Waals surface area contributed by atoms with E-state index in [9.17, 15) is 18.0 Å². The molecule has 11 heteroatoms. The lowest BCUT2D eigenvalue weighted by molar-refractivity contribution is -0.132. The number of carbonyl (C=O) groups excluding carboxylic acids is 2. The Morgan fingerprint density at radius 3 is 2.37 bits per heavy atom. The predicted octanol–water partition coefficient (Wildman–Crippen LogP) is 3.51. The van der Waals surface area contributed by atoms with Gasteiger partial charge in [-0.3, -0.25) is 9.59 Å². The van der Waals surface area contributed by atoms with Crippen molar-refractivity contribution in [2.45, 2.75) is 51.5 Å². The number of benzene rings is 2. The molecule has 0 bridgehead atoms. The maximum Gasteiger partial charge on any atom is 0.257 e. The Morgan fingerprint density at radius 2 is 1.71 bits per heavy atom. The number of aromatic nitrogens is 4. The predicted molar refractivity (Wildman–Crippen MR) is 144 cm³/mol. The van der Waals surface area contributed by atoms with E-state index >= 15 is 0 Å². The van der Waals surface area contributed by atoms with Gasteiger partial charge in [0.15, 0.2) is 5.82 Å². The van der Waals surface area contributed by atoms with Gasteiger partial charge in [-0.2, -0.15) is 0 Å². The number of anilines is 1. The molecule has 1 N–H and O–H groups in total. The lowest BCUT2D eigenvalue weighted by atomic mass is 9.95. The van der Waals surface area contributed by atoms with Crippen LogP contribution in [0.3, 0.4) is 0 Å². The molecule has 1 fully saturated rings. The maximum absolute atomic E-state index is 13.8. The smallest absolute Gasteiger partial charge is 0.257 e. The van der Waals surface area contributed by atoms with Gasteiger partial charge in [-0.25, -0.2) is 17.8 Å². The second-order valence-electron chi connectivity index (χ2n) is 9.23. The number of sulfonamides is 1. The molecule has 1 aromatic heterocycles. The van der Waals surface area contributed by atoms with Gasteiger partial charge in [-0.1, -0.05) is 67.8 Å². The highest BCUT2D eigenvalue weighted by atomic mass is 32.2. The number of hydrogen-bond donors (Lipinski definition) is 1. The normalized spacial score (nSPS) is 15.3. The molecule has 0 aliphatic heterocycles. The minimum atomic E-state index is -4.17. The first-order valence-electron chi connectivity index (χ1n) is 12.8. The quantitative estimate of drug-likeness (QED) is 0.393. The van der Waals surface area contributed by atoms with Crippen LogP contribution in [0, 0.1) is 5.92 Å². The topological polar surface area (TPSA) is 127 Å². The molecule has 1 heterocycles. The van der Waals surface area contributed by atoms with Crippen molar-refractivity contribution >= 4 is 33.6 Å². The second-order valence-corrected chi connectivity index (χ2v) is 10.8. The summed E-state index contributed by atoms with van der Waals surface area (Å²) < 4.78 is 29.3. The van der Waals surface area contributed by atoms with Crippen molar-refractivity contribution in [3.05, 3.63) is 77.5 Å². The lowest BCUT2D eigenvalue weighted by Gasteiger charge is -2.26. The first kappa shape index (κ1) is 27.2. The number of amides is 2. The number of para-hydroxylation sites is 1. The molecule has 1 unspecified atom stereocenters. The molecule has 3 aromatic rings. The average Bonchev–Trinajstić information content (AvgIpc) is 3.41. The first-order chi connectivity index (χ1) is 18.4. The number of nitrogens with zero attached hydrogens (tertiary/aromatic N) is 5. The van der Waals surface area contributed by atoms with Gasteiger partial charge in [-0.15, -0.1) is 5.10 Å².